The fraction of sp³-hybridized carbons (Fsp3) is 0.273. The molecule has 0 aliphatic carbocycles. The van der Waals surface area contributed by atoms with Gasteiger partial charge in [0.25, 0.3) is 5.91 Å². The third-order valence-corrected chi connectivity index (χ3v) is 5.14. The van der Waals surface area contributed by atoms with Crippen molar-refractivity contribution in [3.05, 3.63) is 66.4 Å². The van der Waals surface area contributed by atoms with Crippen LogP contribution in [0.25, 0.3) is 22.8 Å². The second-order valence-electron chi connectivity index (χ2n) is 6.80. The molecule has 0 spiro atoms. The Labute approximate surface area is 171 Å². The van der Waals surface area contributed by atoms with Gasteiger partial charge in [-0.05, 0) is 32.0 Å². The summed E-state index contributed by atoms with van der Waals surface area (Å²) in [6.45, 7) is 1.53. The minimum atomic E-state index is 0. The number of hydrogen-bond donors (Lipinski definition) is 1. The molecule has 6 heteroatoms. The lowest BCUT2D eigenvalue weighted by atomic mass is 10.0. The molecule has 0 unspecified atom stereocenters. The van der Waals surface area contributed by atoms with Crippen LogP contribution in [0.15, 0.2) is 65.2 Å². The number of aromatic nitrogens is 1. The van der Waals surface area contributed by atoms with E-state index in [2.05, 4.69) is 10.3 Å². The van der Waals surface area contributed by atoms with Crippen LogP contribution in [0, 0.1) is 0 Å². The number of hydrogen-bond acceptors (Lipinski definition) is 4. The van der Waals surface area contributed by atoms with Gasteiger partial charge in [0.1, 0.15) is 0 Å². The smallest absolute Gasteiger partial charge is 0.254 e. The summed E-state index contributed by atoms with van der Waals surface area (Å²) in [5.74, 6) is 1.21. The van der Waals surface area contributed by atoms with E-state index in [0.717, 1.165) is 37.1 Å². The van der Waals surface area contributed by atoms with Crippen molar-refractivity contribution in [2.24, 2.45) is 0 Å². The maximum Gasteiger partial charge on any atom is 0.254 e. The van der Waals surface area contributed by atoms with Crippen molar-refractivity contribution >= 4 is 18.3 Å². The van der Waals surface area contributed by atoms with Crippen molar-refractivity contribution in [1.82, 2.24) is 15.2 Å². The number of likely N-dealkylation sites (tertiary alicyclic amines) is 1. The van der Waals surface area contributed by atoms with Crippen LogP contribution in [0.3, 0.4) is 0 Å². The molecule has 2 heterocycles. The van der Waals surface area contributed by atoms with E-state index in [1.165, 1.54) is 0 Å². The first-order valence-electron chi connectivity index (χ1n) is 9.33. The quantitative estimate of drug-likeness (QED) is 0.714. The molecular formula is C22H24ClN3O2. The highest BCUT2D eigenvalue weighted by Crippen LogP contribution is 2.29. The van der Waals surface area contributed by atoms with E-state index in [0.29, 0.717) is 23.3 Å². The maximum absolute atomic E-state index is 13.1. The molecule has 1 amide bonds. The van der Waals surface area contributed by atoms with Gasteiger partial charge in [-0.1, -0.05) is 42.5 Å². The molecule has 0 saturated carbocycles. The summed E-state index contributed by atoms with van der Waals surface area (Å²) in [5.41, 5.74) is 2.34. The normalized spacial score (nSPS) is 14.5. The number of nitrogens with one attached hydrogen (secondary N) is 1. The first kappa shape index (κ1) is 20.1. The molecule has 1 aromatic heterocycles. The van der Waals surface area contributed by atoms with Gasteiger partial charge < -0.3 is 14.6 Å². The molecule has 1 N–H and O–H groups in total. The molecule has 28 heavy (non-hydrogen) atoms. The molecule has 146 valence electrons. The summed E-state index contributed by atoms with van der Waals surface area (Å²) in [6.07, 6.45) is 3.66. The van der Waals surface area contributed by atoms with Gasteiger partial charge in [-0.15, -0.1) is 12.4 Å². The average molecular weight is 398 g/mol. The van der Waals surface area contributed by atoms with Gasteiger partial charge in [0.15, 0.2) is 5.76 Å². The predicted octanol–water partition coefficient (Wildman–Crippen LogP) is 4.25. The second kappa shape index (κ2) is 9.04. The van der Waals surface area contributed by atoms with E-state index >= 15 is 0 Å². The molecule has 4 rings (SSSR count). The first-order valence-corrected chi connectivity index (χ1v) is 9.33. The highest BCUT2D eigenvalue weighted by Gasteiger charge is 2.25. The summed E-state index contributed by atoms with van der Waals surface area (Å²) in [7, 11) is 1.98. The number of carbonyl (C=O) groups is 1. The topological polar surface area (TPSA) is 58.4 Å². The van der Waals surface area contributed by atoms with Crippen molar-refractivity contribution in [3.63, 3.8) is 0 Å². The minimum absolute atomic E-state index is 0. The Morgan fingerprint density at radius 1 is 1.07 bits per heavy atom. The first-order chi connectivity index (χ1) is 13.3. The zero-order valence-corrected chi connectivity index (χ0v) is 16.6. The number of oxazole rings is 1. The summed E-state index contributed by atoms with van der Waals surface area (Å²) in [6, 6.07) is 17.9. The Hall–Kier alpha value is -2.63. The van der Waals surface area contributed by atoms with Gasteiger partial charge in [0, 0.05) is 30.3 Å². The molecule has 1 aliphatic heterocycles. The number of halogens is 1. The molecule has 0 atom stereocenters. The van der Waals surface area contributed by atoms with Crippen LogP contribution in [0.2, 0.25) is 0 Å². The fourth-order valence-electron chi connectivity index (χ4n) is 3.53. The van der Waals surface area contributed by atoms with Crippen LogP contribution in [0.4, 0.5) is 0 Å². The van der Waals surface area contributed by atoms with Crippen LogP contribution >= 0.6 is 12.4 Å². The van der Waals surface area contributed by atoms with Crippen molar-refractivity contribution in [3.8, 4) is 22.8 Å². The lowest BCUT2D eigenvalue weighted by Gasteiger charge is -2.32. The van der Waals surface area contributed by atoms with Crippen LogP contribution < -0.4 is 5.32 Å². The van der Waals surface area contributed by atoms with Crippen LogP contribution in [-0.4, -0.2) is 42.0 Å². The predicted molar refractivity (Wildman–Crippen MR) is 113 cm³/mol. The van der Waals surface area contributed by atoms with E-state index in [1.807, 2.05) is 66.5 Å². The highest BCUT2D eigenvalue weighted by molar-refractivity contribution is 6.00. The Kier molecular flexibility index (Phi) is 6.49. The molecule has 0 bridgehead atoms. The van der Waals surface area contributed by atoms with Gasteiger partial charge >= 0.3 is 0 Å². The second-order valence-corrected chi connectivity index (χ2v) is 6.80. The van der Waals surface area contributed by atoms with Gasteiger partial charge in [0.05, 0.1) is 11.8 Å². The number of amides is 1. The fourth-order valence-corrected chi connectivity index (χ4v) is 3.53. The van der Waals surface area contributed by atoms with Crippen molar-refractivity contribution in [1.29, 1.82) is 0 Å². The Bertz CT molecular complexity index is 918. The van der Waals surface area contributed by atoms with E-state index in [1.54, 1.807) is 6.20 Å². The van der Waals surface area contributed by atoms with E-state index < -0.39 is 0 Å². The van der Waals surface area contributed by atoms with Gasteiger partial charge in [-0.25, -0.2) is 4.98 Å². The Balaban J connectivity index is 0.00000225. The van der Waals surface area contributed by atoms with Crippen LogP contribution in [-0.2, 0) is 0 Å². The molecule has 1 aliphatic rings. The number of carbonyl (C=O) groups excluding carboxylic acids is 1. The zero-order chi connectivity index (χ0) is 18.6. The molecule has 3 aromatic rings. The Morgan fingerprint density at radius 2 is 1.75 bits per heavy atom. The SMILES string of the molecule is CNC1CCN(C(=O)c2ccccc2-c2ncc(-c3ccccc3)o2)CC1.Cl. The number of piperidine rings is 1. The minimum Gasteiger partial charge on any atom is -0.436 e. The molecule has 2 aromatic carbocycles. The largest absolute Gasteiger partial charge is 0.436 e. The van der Waals surface area contributed by atoms with Crippen molar-refractivity contribution in [2.45, 2.75) is 18.9 Å². The lowest BCUT2D eigenvalue weighted by molar-refractivity contribution is 0.0708. The summed E-state index contributed by atoms with van der Waals surface area (Å²) >= 11 is 0. The van der Waals surface area contributed by atoms with Gasteiger partial charge in [0.2, 0.25) is 5.89 Å². The zero-order valence-electron chi connectivity index (χ0n) is 15.8. The number of nitrogens with zero attached hydrogens (tertiary/aromatic N) is 2. The number of rotatable bonds is 4. The molecule has 5 nitrogen and oxygen atoms in total. The van der Waals surface area contributed by atoms with Crippen LogP contribution in [0.1, 0.15) is 23.2 Å². The van der Waals surface area contributed by atoms with Crippen LogP contribution in [0.5, 0.6) is 0 Å². The Morgan fingerprint density at radius 3 is 2.46 bits per heavy atom. The molecular weight excluding hydrogens is 374 g/mol. The molecule has 1 fully saturated rings. The monoisotopic (exact) mass is 397 g/mol. The molecule has 0 radical (unpaired) electrons. The third-order valence-electron chi connectivity index (χ3n) is 5.14. The lowest BCUT2D eigenvalue weighted by Crippen LogP contribution is -2.44. The summed E-state index contributed by atoms with van der Waals surface area (Å²) in [5, 5.41) is 3.30. The average Bonchev–Trinajstić information content (AvgIpc) is 3.24. The highest BCUT2D eigenvalue weighted by atomic mass is 35.5. The van der Waals surface area contributed by atoms with Gasteiger partial charge in [-0.2, -0.15) is 0 Å². The van der Waals surface area contributed by atoms with Crippen molar-refractivity contribution in [2.75, 3.05) is 20.1 Å². The third kappa shape index (κ3) is 4.11. The van der Waals surface area contributed by atoms with E-state index in [9.17, 15) is 4.79 Å². The molecule has 1 saturated heterocycles. The van der Waals surface area contributed by atoms with E-state index in [-0.39, 0.29) is 18.3 Å². The summed E-state index contributed by atoms with van der Waals surface area (Å²) < 4.78 is 5.98. The van der Waals surface area contributed by atoms with E-state index in [4.69, 9.17) is 4.42 Å². The maximum atomic E-state index is 13.1. The van der Waals surface area contributed by atoms with Crippen molar-refractivity contribution < 1.29 is 9.21 Å². The summed E-state index contributed by atoms with van der Waals surface area (Å²) in [4.78, 5) is 19.5. The van der Waals surface area contributed by atoms with Gasteiger partial charge in [-0.3, -0.25) is 4.79 Å². The number of benzene rings is 2. The standard InChI is InChI=1S/C22H23N3O2.ClH/c1-23-17-11-13-25(14-12-17)22(26)19-10-6-5-9-18(19)21-24-15-20(27-21)16-7-3-2-4-8-16;/h2-10,15,17,23H,11-14H2,1H3;1H.